The quantitative estimate of drug-likeness (QED) is 0.370. The molecule has 3 N–H and O–H groups in total. The topological polar surface area (TPSA) is 121 Å². The van der Waals surface area contributed by atoms with Crippen LogP contribution in [-0.4, -0.2) is 60.5 Å². The largest absolute Gasteiger partial charge is 0.454 e. The Morgan fingerprint density at radius 2 is 1.76 bits per heavy atom. The zero-order valence-electron chi connectivity index (χ0n) is 16.6. The molecule has 2 fully saturated rings. The van der Waals surface area contributed by atoms with E-state index in [1.54, 1.807) is 25.3 Å². The van der Waals surface area contributed by atoms with Gasteiger partial charge in [-0.3, -0.25) is 19.4 Å². The molecule has 0 aromatic carbocycles. The van der Waals surface area contributed by atoms with Gasteiger partial charge in [0.2, 0.25) is 0 Å². The summed E-state index contributed by atoms with van der Waals surface area (Å²) in [4.78, 5) is 21.3. The van der Waals surface area contributed by atoms with Crippen LogP contribution in [0.5, 0.6) is 0 Å². The molecular formula is C18H27BCl2N4O4. The van der Waals surface area contributed by atoms with E-state index in [1.807, 2.05) is 10.9 Å². The van der Waals surface area contributed by atoms with Crippen LogP contribution in [0.1, 0.15) is 66.5 Å². The first-order valence-corrected chi connectivity index (χ1v) is 10.4. The fourth-order valence-electron chi connectivity index (χ4n) is 1.91. The van der Waals surface area contributed by atoms with E-state index in [2.05, 4.69) is 15.3 Å². The summed E-state index contributed by atoms with van der Waals surface area (Å²) >= 11 is 10.1. The third-order valence-electron chi connectivity index (χ3n) is 3.89. The number of aromatic nitrogens is 4. The number of nitrogens with one attached hydrogen (secondary N) is 1. The molecule has 0 saturated heterocycles. The number of ketones is 2. The fraction of sp³-hybridized carbons (Fsp3) is 0.556. The summed E-state index contributed by atoms with van der Waals surface area (Å²) in [5, 5.41) is 26.8. The van der Waals surface area contributed by atoms with Crippen molar-refractivity contribution in [3.63, 3.8) is 0 Å². The number of rotatable bonds is 5. The lowest BCUT2D eigenvalue weighted by atomic mass is 9.84. The van der Waals surface area contributed by atoms with Crippen molar-refractivity contribution in [3.8, 4) is 0 Å². The molecule has 11 heteroatoms. The number of carbonyl (C=O) groups is 2. The van der Waals surface area contributed by atoms with Gasteiger partial charge in [0.25, 0.3) is 0 Å². The van der Waals surface area contributed by atoms with Crippen molar-refractivity contribution in [1.82, 2.24) is 20.0 Å². The van der Waals surface area contributed by atoms with E-state index < -0.39 is 7.12 Å². The van der Waals surface area contributed by atoms with E-state index in [0.717, 1.165) is 12.8 Å². The molecule has 0 spiro atoms. The maximum Gasteiger partial charge on any atom is 0.454 e. The Morgan fingerprint density at radius 3 is 2.00 bits per heavy atom. The Labute approximate surface area is 180 Å². The number of carbonyl (C=O) groups excluding carboxylic acids is 2. The smallest absolute Gasteiger partial charge is 0.427 e. The molecule has 29 heavy (non-hydrogen) atoms. The van der Waals surface area contributed by atoms with Gasteiger partial charge in [0, 0.05) is 38.0 Å². The van der Waals surface area contributed by atoms with Crippen molar-refractivity contribution in [2.24, 2.45) is 0 Å². The van der Waals surface area contributed by atoms with Crippen molar-refractivity contribution in [2.75, 3.05) is 11.8 Å². The first-order chi connectivity index (χ1) is 13.8. The summed E-state index contributed by atoms with van der Waals surface area (Å²) in [5.74, 6) is 1.39. The van der Waals surface area contributed by atoms with E-state index in [9.17, 15) is 9.59 Å². The van der Waals surface area contributed by atoms with Crippen LogP contribution >= 0.6 is 23.2 Å². The van der Waals surface area contributed by atoms with E-state index in [1.165, 1.54) is 19.8 Å². The molecule has 0 amide bonds. The van der Waals surface area contributed by atoms with Crippen LogP contribution in [0.25, 0.3) is 0 Å². The summed E-state index contributed by atoms with van der Waals surface area (Å²) < 4.78 is 1.89. The molecule has 0 atom stereocenters. The Bertz CT molecular complexity index is 730. The Morgan fingerprint density at radius 1 is 1.14 bits per heavy atom. The second-order valence-corrected chi connectivity index (χ2v) is 7.38. The van der Waals surface area contributed by atoms with Crippen LogP contribution < -0.4 is 0 Å². The number of nitrogens with zero attached hydrogens (tertiary/aromatic N) is 3. The van der Waals surface area contributed by atoms with E-state index in [4.69, 9.17) is 33.2 Å². The van der Waals surface area contributed by atoms with Gasteiger partial charge in [-0.1, -0.05) is 12.8 Å². The molecule has 2 aromatic rings. The zero-order chi connectivity index (χ0) is 21.8. The molecule has 2 aliphatic carbocycles. The minimum absolute atomic E-state index is 0.0162. The van der Waals surface area contributed by atoms with Gasteiger partial charge in [0.1, 0.15) is 11.4 Å². The Balaban J connectivity index is 0.000000207. The van der Waals surface area contributed by atoms with Crippen molar-refractivity contribution >= 4 is 41.9 Å². The Hall–Kier alpha value is -1.68. The molecule has 2 heterocycles. The minimum Gasteiger partial charge on any atom is -0.427 e. The number of hydrogen-bond acceptors (Lipinski definition) is 6. The number of hydrogen-bond donors (Lipinski definition) is 3. The lowest BCUT2D eigenvalue weighted by molar-refractivity contribution is 0.1000. The number of halogens is 2. The molecule has 2 saturated carbocycles. The normalized spacial score (nSPS) is 14.3. The van der Waals surface area contributed by atoms with Gasteiger partial charge >= 0.3 is 7.12 Å². The van der Waals surface area contributed by atoms with Crippen LogP contribution in [0.15, 0.2) is 24.5 Å². The van der Waals surface area contributed by atoms with Crippen LogP contribution in [0.2, 0.25) is 5.82 Å². The summed E-state index contributed by atoms with van der Waals surface area (Å²) in [6.07, 6.45) is 7.85. The van der Waals surface area contributed by atoms with Crippen molar-refractivity contribution in [1.29, 1.82) is 0 Å². The van der Waals surface area contributed by atoms with Crippen LogP contribution in [0, 0.1) is 0 Å². The van der Waals surface area contributed by atoms with Crippen molar-refractivity contribution in [3.05, 3.63) is 35.9 Å². The maximum atomic E-state index is 10.8. The van der Waals surface area contributed by atoms with E-state index in [-0.39, 0.29) is 17.4 Å². The molecule has 0 radical (unpaired) electrons. The van der Waals surface area contributed by atoms with Crippen LogP contribution in [-0.2, 0) is 0 Å². The van der Waals surface area contributed by atoms with Gasteiger partial charge in [-0.25, -0.2) is 0 Å². The maximum absolute atomic E-state index is 10.8. The fourth-order valence-corrected chi connectivity index (χ4v) is 1.91. The van der Waals surface area contributed by atoms with E-state index >= 15 is 0 Å². The van der Waals surface area contributed by atoms with E-state index in [0.29, 0.717) is 29.2 Å². The third kappa shape index (κ3) is 11.2. The highest BCUT2D eigenvalue weighted by Gasteiger charge is 2.33. The summed E-state index contributed by atoms with van der Waals surface area (Å²) in [5.41, 5.74) is 1.14. The first kappa shape index (κ1) is 25.4. The number of H-pyrrole nitrogens is 1. The van der Waals surface area contributed by atoms with Crippen LogP contribution in [0.3, 0.4) is 0 Å². The van der Waals surface area contributed by atoms with Crippen LogP contribution in [0.4, 0.5) is 0 Å². The second kappa shape index (κ2) is 13.5. The molecular weight excluding hydrogens is 418 g/mol. The summed E-state index contributed by atoms with van der Waals surface area (Å²) in [6, 6.07) is 3.99. The molecule has 0 unspecified atom stereocenters. The van der Waals surface area contributed by atoms with Gasteiger partial charge < -0.3 is 10.0 Å². The van der Waals surface area contributed by atoms with Gasteiger partial charge in [-0.2, -0.15) is 10.2 Å². The summed E-state index contributed by atoms with van der Waals surface area (Å²) in [7, 11) is -1.04. The SMILES string of the molecule is CC(=O)c1ccn(C2CC2)n1.CC(=O)c1ccn[nH]1.ClCCCl.OB(O)C1CC1. The predicted octanol–water partition coefficient (Wildman–Crippen LogP) is 3.12. The van der Waals surface area contributed by atoms with Gasteiger partial charge in [0.15, 0.2) is 11.6 Å². The third-order valence-corrected chi connectivity index (χ3v) is 4.46. The highest BCUT2D eigenvalue weighted by Crippen LogP contribution is 2.36. The first-order valence-electron chi connectivity index (χ1n) is 9.34. The number of alkyl halides is 2. The molecule has 0 bridgehead atoms. The van der Waals surface area contributed by atoms with Gasteiger partial charge in [-0.05, 0) is 30.8 Å². The van der Waals surface area contributed by atoms with Gasteiger partial charge in [0.05, 0.1) is 6.04 Å². The lowest BCUT2D eigenvalue weighted by Gasteiger charge is -1.93. The molecule has 160 valence electrons. The highest BCUT2D eigenvalue weighted by atomic mass is 35.5. The highest BCUT2D eigenvalue weighted by molar-refractivity contribution is 6.44. The molecule has 2 aliphatic rings. The predicted molar refractivity (Wildman–Crippen MR) is 114 cm³/mol. The average Bonchev–Trinajstić information content (AvgIpc) is 3.62. The van der Waals surface area contributed by atoms with Gasteiger partial charge in [-0.15, -0.1) is 23.2 Å². The molecule has 2 aromatic heterocycles. The number of aromatic amines is 1. The van der Waals surface area contributed by atoms with Crippen molar-refractivity contribution < 1.29 is 19.6 Å². The molecule has 8 nitrogen and oxygen atoms in total. The Kier molecular flexibility index (Phi) is 11.8. The number of Topliss-reactive ketones (excluding diaryl/α,β-unsaturated/α-hetero) is 2. The standard InChI is InChI=1S/C8H10N2O.C5H6N2O.C3H7BO2.C2H4Cl2/c1-6(11)8-4-5-10(9-8)7-2-3-7;1-4(8)5-2-3-6-7-5;5-4(6)3-1-2-3;3-1-2-4/h4-5,7H,2-3H2,1H3;2-3H,1H3,(H,6,7);3,5-6H,1-2H2;1-2H2. The lowest BCUT2D eigenvalue weighted by Crippen LogP contribution is -2.09. The second-order valence-electron chi connectivity index (χ2n) is 6.62. The molecule has 4 rings (SSSR count). The van der Waals surface area contributed by atoms with Crippen molar-refractivity contribution in [2.45, 2.75) is 51.4 Å². The zero-order valence-corrected chi connectivity index (χ0v) is 18.1. The molecule has 0 aliphatic heterocycles. The minimum atomic E-state index is -1.04. The summed E-state index contributed by atoms with van der Waals surface area (Å²) in [6.45, 7) is 3.03. The average molecular weight is 445 g/mol. The monoisotopic (exact) mass is 444 g/mol.